The lowest BCUT2D eigenvalue weighted by molar-refractivity contribution is -0.685. The summed E-state index contributed by atoms with van der Waals surface area (Å²) in [6.07, 6.45) is 2.85. The van der Waals surface area contributed by atoms with E-state index >= 15 is 0 Å². The maximum absolute atomic E-state index is 6.03. The molecule has 1 aliphatic rings. The quantitative estimate of drug-likeness (QED) is 0.346. The molecule has 0 bridgehead atoms. The maximum Gasteiger partial charge on any atom is 0.239 e. The van der Waals surface area contributed by atoms with Gasteiger partial charge in [0.1, 0.15) is 11.3 Å². The van der Waals surface area contributed by atoms with Crippen LogP contribution >= 0.6 is 0 Å². The van der Waals surface area contributed by atoms with Gasteiger partial charge in [-0.1, -0.05) is 24.3 Å². The number of para-hydroxylation sites is 1. The first-order valence-corrected chi connectivity index (χ1v) is 8.77. The average Bonchev–Trinajstić information content (AvgIpc) is 2.66. The van der Waals surface area contributed by atoms with Gasteiger partial charge in [0.05, 0.1) is 12.2 Å². The SMILES string of the molecule is CC1CCOc2ccccc2-c2ccc3ccc4cccnc4c3[n+]21. The largest absolute Gasteiger partial charge is 0.492 e. The third-order valence-electron chi connectivity index (χ3n) is 5.10. The van der Waals surface area contributed by atoms with Crippen LogP contribution in [0.2, 0.25) is 0 Å². The second kappa shape index (κ2) is 5.55. The van der Waals surface area contributed by atoms with E-state index in [0.717, 1.165) is 29.9 Å². The fraction of sp³-hybridized carbons (Fsp3) is 0.182. The third kappa shape index (κ3) is 2.19. The summed E-state index contributed by atoms with van der Waals surface area (Å²) in [4.78, 5) is 4.71. The van der Waals surface area contributed by atoms with Gasteiger partial charge in [-0.2, -0.15) is 4.57 Å². The Morgan fingerprint density at radius 2 is 1.80 bits per heavy atom. The highest BCUT2D eigenvalue weighted by atomic mass is 16.5. The van der Waals surface area contributed by atoms with Crippen molar-refractivity contribution in [3.63, 3.8) is 0 Å². The summed E-state index contributed by atoms with van der Waals surface area (Å²) in [7, 11) is 0. The Hall–Kier alpha value is -2.94. The Bertz CT molecular complexity index is 1100. The lowest BCUT2D eigenvalue weighted by Gasteiger charge is -2.19. The van der Waals surface area contributed by atoms with Crippen LogP contribution < -0.4 is 9.30 Å². The summed E-state index contributed by atoms with van der Waals surface area (Å²) < 4.78 is 8.48. The Morgan fingerprint density at radius 1 is 0.960 bits per heavy atom. The van der Waals surface area contributed by atoms with E-state index < -0.39 is 0 Å². The van der Waals surface area contributed by atoms with Crippen LogP contribution in [0.5, 0.6) is 5.75 Å². The molecule has 1 atom stereocenters. The van der Waals surface area contributed by atoms with Gasteiger partial charge in [-0.3, -0.25) is 0 Å². The molecular weight excluding hydrogens is 308 g/mol. The fourth-order valence-corrected chi connectivity index (χ4v) is 3.85. The normalized spacial score (nSPS) is 16.6. The van der Waals surface area contributed by atoms with E-state index in [9.17, 15) is 0 Å². The maximum atomic E-state index is 6.03. The molecule has 1 unspecified atom stereocenters. The van der Waals surface area contributed by atoms with Crippen LogP contribution in [0.15, 0.2) is 66.9 Å². The predicted molar refractivity (Wildman–Crippen MR) is 99.7 cm³/mol. The van der Waals surface area contributed by atoms with Gasteiger partial charge in [-0.05, 0) is 37.3 Å². The van der Waals surface area contributed by atoms with Crippen LogP contribution in [0.4, 0.5) is 0 Å². The second-order valence-electron chi connectivity index (χ2n) is 6.65. The minimum Gasteiger partial charge on any atom is -0.492 e. The van der Waals surface area contributed by atoms with Gasteiger partial charge < -0.3 is 4.74 Å². The number of aromatic nitrogens is 2. The van der Waals surface area contributed by atoms with Gasteiger partial charge in [0.15, 0.2) is 6.04 Å². The topological polar surface area (TPSA) is 26.0 Å². The number of ether oxygens (including phenoxy) is 1. The number of pyridine rings is 2. The number of hydrogen-bond donors (Lipinski definition) is 0. The van der Waals surface area contributed by atoms with Crippen molar-refractivity contribution in [3.05, 3.63) is 66.9 Å². The molecule has 25 heavy (non-hydrogen) atoms. The highest BCUT2D eigenvalue weighted by molar-refractivity contribution is 6.01. The predicted octanol–water partition coefficient (Wildman–Crippen LogP) is 4.69. The molecule has 1 aliphatic heterocycles. The Morgan fingerprint density at radius 3 is 2.76 bits per heavy atom. The van der Waals surface area contributed by atoms with Gasteiger partial charge in [-0.25, -0.2) is 4.98 Å². The third-order valence-corrected chi connectivity index (χ3v) is 5.10. The molecule has 0 aliphatic carbocycles. The first-order valence-electron chi connectivity index (χ1n) is 8.77. The van der Waals surface area contributed by atoms with Crippen LogP contribution in [-0.4, -0.2) is 11.6 Å². The first-order chi connectivity index (χ1) is 12.3. The second-order valence-corrected chi connectivity index (χ2v) is 6.65. The molecule has 2 aromatic carbocycles. The molecule has 0 amide bonds. The van der Waals surface area contributed by atoms with Crippen LogP contribution in [0, 0.1) is 0 Å². The van der Waals surface area contributed by atoms with E-state index in [1.165, 1.54) is 22.0 Å². The summed E-state index contributed by atoms with van der Waals surface area (Å²) in [6.45, 7) is 2.99. The van der Waals surface area contributed by atoms with Crippen LogP contribution in [0.3, 0.4) is 0 Å². The van der Waals surface area contributed by atoms with Gasteiger partial charge >= 0.3 is 0 Å². The van der Waals surface area contributed by atoms with Crippen molar-refractivity contribution in [2.45, 2.75) is 19.4 Å². The molecule has 0 fully saturated rings. The van der Waals surface area contributed by atoms with Crippen molar-refractivity contribution in [2.75, 3.05) is 6.61 Å². The lowest BCUT2D eigenvalue weighted by atomic mass is 10.0. The summed E-state index contributed by atoms with van der Waals surface area (Å²) in [5.41, 5.74) is 4.60. The van der Waals surface area contributed by atoms with E-state index in [4.69, 9.17) is 9.72 Å². The standard InChI is InChI=1S/C22H19N2O/c1-15-12-14-25-20-7-3-2-6-18(20)19-11-10-17-9-8-16-5-4-13-23-21(16)22(17)24(15)19/h2-11,13,15H,12,14H2,1H3/q+1. The molecule has 4 aromatic rings. The van der Waals surface area contributed by atoms with Crippen LogP contribution in [0.25, 0.3) is 33.1 Å². The highest BCUT2D eigenvalue weighted by Crippen LogP contribution is 2.33. The molecule has 5 rings (SSSR count). The number of hydrogen-bond acceptors (Lipinski definition) is 2. The molecule has 0 N–H and O–H groups in total. The number of benzene rings is 2. The van der Waals surface area contributed by atoms with Gasteiger partial charge in [-0.15, -0.1) is 0 Å². The minimum absolute atomic E-state index is 0.333. The number of fused-ring (bicyclic) bond motifs is 7. The van der Waals surface area contributed by atoms with E-state index in [1.54, 1.807) is 0 Å². The monoisotopic (exact) mass is 327 g/mol. The Balaban J connectivity index is 1.96. The summed E-state index contributed by atoms with van der Waals surface area (Å²) in [5, 5.41) is 2.40. The summed E-state index contributed by atoms with van der Waals surface area (Å²) in [6, 6.07) is 21.5. The van der Waals surface area contributed by atoms with Crippen molar-refractivity contribution in [2.24, 2.45) is 0 Å². The molecule has 2 aromatic heterocycles. The molecule has 0 saturated carbocycles. The Kier molecular flexibility index (Phi) is 3.20. The number of nitrogens with zero attached hydrogens (tertiary/aromatic N) is 2. The minimum atomic E-state index is 0.333. The van der Waals surface area contributed by atoms with Crippen LogP contribution in [-0.2, 0) is 0 Å². The van der Waals surface area contributed by atoms with E-state index in [0.29, 0.717) is 6.04 Å². The number of rotatable bonds is 0. The van der Waals surface area contributed by atoms with Gasteiger partial charge in [0.2, 0.25) is 11.2 Å². The smallest absolute Gasteiger partial charge is 0.239 e. The summed E-state index contributed by atoms with van der Waals surface area (Å²) >= 11 is 0. The van der Waals surface area contributed by atoms with E-state index in [1.807, 2.05) is 18.3 Å². The lowest BCUT2D eigenvalue weighted by Crippen LogP contribution is -2.42. The molecular formula is C22H19N2O+. The van der Waals surface area contributed by atoms with Crippen molar-refractivity contribution in [3.8, 4) is 17.0 Å². The van der Waals surface area contributed by atoms with Crippen molar-refractivity contribution in [1.29, 1.82) is 0 Å². The van der Waals surface area contributed by atoms with E-state index in [-0.39, 0.29) is 0 Å². The highest BCUT2D eigenvalue weighted by Gasteiger charge is 2.28. The molecule has 3 heteroatoms. The first kappa shape index (κ1) is 14.4. The molecule has 0 radical (unpaired) electrons. The van der Waals surface area contributed by atoms with Crippen molar-refractivity contribution >= 4 is 21.8 Å². The zero-order valence-electron chi connectivity index (χ0n) is 14.1. The van der Waals surface area contributed by atoms with Gasteiger partial charge in [0.25, 0.3) is 0 Å². The van der Waals surface area contributed by atoms with Crippen LogP contribution in [0.1, 0.15) is 19.4 Å². The molecule has 122 valence electrons. The molecule has 0 saturated heterocycles. The fourth-order valence-electron chi connectivity index (χ4n) is 3.85. The van der Waals surface area contributed by atoms with Gasteiger partial charge in [0, 0.05) is 29.5 Å². The Labute approximate surface area is 146 Å². The van der Waals surface area contributed by atoms with Crippen molar-refractivity contribution < 1.29 is 9.30 Å². The molecule has 3 nitrogen and oxygen atoms in total. The molecule has 0 spiro atoms. The average molecular weight is 327 g/mol. The zero-order valence-corrected chi connectivity index (χ0v) is 14.1. The molecule has 3 heterocycles. The summed E-state index contributed by atoms with van der Waals surface area (Å²) in [5.74, 6) is 0.954. The van der Waals surface area contributed by atoms with Crippen molar-refractivity contribution in [1.82, 2.24) is 4.98 Å². The zero-order chi connectivity index (χ0) is 16.8. The van der Waals surface area contributed by atoms with E-state index in [2.05, 4.69) is 60.0 Å².